The molecule has 0 unspecified atom stereocenters. The number of hydrogen-bond acceptors (Lipinski definition) is 6. The van der Waals surface area contributed by atoms with Crippen molar-refractivity contribution in [3.05, 3.63) is 72.2 Å². The maximum absolute atomic E-state index is 12.2. The molecule has 29 heavy (non-hydrogen) atoms. The maximum Gasteiger partial charge on any atom is 0.258 e. The van der Waals surface area contributed by atoms with Crippen molar-refractivity contribution in [3.8, 4) is 11.6 Å². The number of benzene rings is 1. The van der Waals surface area contributed by atoms with Gasteiger partial charge >= 0.3 is 0 Å². The monoisotopic (exact) mass is 426 g/mol. The lowest BCUT2D eigenvalue weighted by Gasteiger charge is -2.21. The summed E-state index contributed by atoms with van der Waals surface area (Å²) in [5.41, 5.74) is 2.19. The van der Waals surface area contributed by atoms with Crippen molar-refractivity contribution in [2.24, 2.45) is 0 Å². The van der Waals surface area contributed by atoms with Gasteiger partial charge in [0.15, 0.2) is 12.4 Å². The SMILES string of the molecule is O=C(COc1ccc(C2SCCCS2)cc1)NCc1cccnc1-n1cccn1. The normalized spacial score (nSPS) is 14.5. The van der Waals surface area contributed by atoms with Crippen LogP contribution in [0.15, 0.2) is 61.1 Å². The van der Waals surface area contributed by atoms with E-state index in [1.807, 2.05) is 60.1 Å². The standard InChI is InChI=1S/C21H22N4O2S2/c26-19(23-14-17-4-1-9-22-20(17)25-11-2-10-24-25)15-27-18-7-5-16(6-8-18)21-28-12-3-13-29-21/h1-2,4-11,21H,3,12-15H2,(H,23,26). The second kappa shape index (κ2) is 9.84. The minimum atomic E-state index is -0.178. The molecule has 1 amide bonds. The van der Waals surface area contributed by atoms with Crippen LogP contribution in [-0.2, 0) is 11.3 Å². The van der Waals surface area contributed by atoms with Gasteiger partial charge < -0.3 is 10.1 Å². The van der Waals surface area contributed by atoms with E-state index in [-0.39, 0.29) is 12.5 Å². The lowest BCUT2D eigenvalue weighted by molar-refractivity contribution is -0.123. The average Bonchev–Trinajstić information content (AvgIpc) is 3.32. The van der Waals surface area contributed by atoms with Crippen LogP contribution in [-0.4, -0.2) is 38.8 Å². The average molecular weight is 427 g/mol. The van der Waals surface area contributed by atoms with Gasteiger partial charge in [-0.05, 0) is 47.8 Å². The Bertz CT molecular complexity index is 926. The summed E-state index contributed by atoms with van der Waals surface area (Å²) in [5, 5.41) is 7.09. The topological polar surface area (TPSA) is 69.0 Å². The van der Waals surface area contributed by atoms with Gasteiger partial charge in [0.25, 0.3) is 5.91 Å². The van der Waals surface area contributed by atoms with Crippen LogP contribution >= 0.6 is 23.5 Å². The summed E-state index contributed by atoms with van der Waals surface area (Å²) in [6.45, 7) is 0.337. The van der Waals surface area contributed by atoms with Gasteiger partial charge in [-0.1, -0.05) is 18.2 Å². The van der Waals surface area contributed by atoms with E-state index in [1.54, 1.807) is 17.1 Å². The predicted octanol–water partition coefficient (Wildman–Crippen LogP) is 3.83. The van der Waals surface area contributed by atoms with Crippen molar-refractivity contribution in [3.63, 3.8) is 0 Å². The van der Waals surface area contributed by atoms with Gasteiger partial charge in [0.05, 0.1) is 4.58 Å². The Balaban J connectivity index is 1.28. The zero-order valence-electron chi connectivity index (χ0n) is 15.9. The predicted molar refractivity (Wildman–Crippen MR) is 117 cm³/mol. The molecule has 6 nitrogen and oxygen atoms in total. The van der Waals surface area contributed by atoms with Crippen LogP contribution < -0.4 is 10.1 Å². The van der Waals surface area contributed by atoms with Crippen molar-refractivity contribution in [2.75, 3.05) is 18.1 Å². The first-order chi connectivity index (χ1) is 14.3. The third-order valence-electron chi connectivity index (χ3n) is 4.41. The first-order valence-electron chi connectivity index (χ1n) is 9.46. The van der Waals surface area contributed by atoms with Crippen LogP contribution in [0, 0.1) is 0 Å². The highest BCUT2D eigenvalue weighted by Crippen LogP contribution is 2.43. The molecule has 0 bridgehead atoms. The van der Waals surface area contributed by atoms with Gasteiger partial charge in [0.2, 0.25) is 0 Å². The third-order valence-corrected chi connectivity index (χ3v) is 7.43. The molecule has 4 rings (SSSR count). The fourth-order valence-corrected chi connectivity index (χ4v) is 5.86. The number of amides is 1. The van der Waals surface area contributed by atoms with Crippen LogP contribution in [0.1, 0.15) is 22.1 Å². The van der Waals surface area contributed by atoms with Crippen molar-refractivity contribution >= 4 is 29.4 Å². The molecular formula is C21H22N4O2S2. The zero-order valence-corrected chi connectivity index (χ0v) is 17.5. The molecule has 1 aromatic carbocycles. The van der Waals surface area contributed by atoms with E-state index in [0.29, 0.717) is 22.7 Å². The van der Waals surface area contributed by atoms with Crippen LogP contribution in [0.5, 0.6) is 5.75 Å². The third kappa shape index (κ3) is 5.33. The lowest BCUT2D eigenvalue weighted by Crippen LogP contribution is -2.29. The van der Waals surface area contributed by atoms with Gasteiger partial charge in [-0.2, -0.15) is 5.10 Å². The Labute approximate surface area is 178 Å². The molecular weight excluding hydrogens is 404 g/mol. The van der Waals surface area contributed by atoms with E-state index in [0.717, 1.165) is 5.56 Å². The highest BCUT2D eigenvalue weighted by Gasteiger charge is 2.16. The molecule has 1 fully saturated rings. The van der Waals surface area contributed by atoms with Gasteiger partial charge in [-0.3, -0.25) is 4.79 Å². The van der Waals surface area contributed by atoms with Crippen molar-refractivity contribution in [2.45, 2.75) is 17.5 Å². The first kappa shape index (κ1) is 19.8. The molecule has 1 saturated heterocycles. The Morgan fingerprint density at radius 1 is 1.14 bits per heavy atom. The van der Waals surface area contributed by atoms with Gasteiger partial charge in [-0.15, -0.1) is 23.5 Å². The number of thioether (sulfide) groups is 2. The summed E-state index contributed by atoms with van der Waals surface area (Å²) in [6.07, 6.45) is 6.51. The summed E-state index contributed by atoms with van der Waals surface area (Å²) in [7, 11) is 0. The molecule has 0 atom stereocenters. The fourth-order valence-electron chi connectivity index (χ4n) is 2.96. The summed E-state index contributed by atoms with van der Waals surface area (Å²) < 4.78 is 7.83. The summed E-state index contributed by atoms with van der Waals surface area (Å²) in [6, 6.07) is 13.7. The lowest BCUT2D eigenvalue weighted by atomic mass is 10.2. The second-order valence-corrected chi connectivity index (χ2v) is 9.22. The molecule has 0 aliphatic carbocycles. The van der Waals surface area contributed by atoms with E-state index < -0.39 is 0 Å². The van der Waals surface area contributed by atoms with E-state index in [9.17, 15) is 4.79 Å². The first-order valence-corrected chi connectivity index (χ1v) is 11.6. The number of nitrogens with zero attached hydrogens (tertiary/aromatic N) is 3. The highest BCUT2D eigenvalue weighted by molar-refractivity contribution is 8.16. The molecule has 3 heterocycles. The van der Waals surface area contributed by atoms with Crippen LogP contribution in [0.3, 0.4) is 0 Å². The number of carbonyl (C=O) groups is 1. The van der Waals surface area contributed by atoms with Gasteiger partial charge in [0.1, 0.15) is 5.75 Å². The summed E-state index contributed by atoms with van der Waals surface area (Å²) in [5.74, 6) is 3.66. The molecule has 2 aromatic heterocycles. The number of carbonyl (C=O) groups excluding carboxylic acids is 1. The number of nitrogens with one attached hydrogen (secondary N) is 1. The van der Waals surface area contributed by atoms with Crippen LogP contribution in [0.25, 0.3) is 5.82 Å². The van der Waals surface area contributed by atoms with Crippen molar-refractivity contribution in [1.82, 2.24) is 20.1 Å². The highest BCUT2D eigenvalue weighted by atomic mass is 32.2. The van der Waals surface area contributed by atoms with E-state index in [4.69, 9.17) is 4.74 Å². The largest absolute Gasteiger partial charge is 0.484 e. The molecule has 150 valence electrons. The molecule has 0 radical (unpaired) electrons. The Kier molecular flexibility index (Phi) is 6.74. The van der Waals surface area contributed by atoms with Gasteiger partial charge in [-0.25, -0.2) is 9.67 Å². The molecule has 3 aromatic rings. The summed E-state index contributed by atoms with van der Waals surface area (Å²) in [4.78, 5) is 16.6. The Hall–Kier alpha value is -2.45. The molecule has 1 N–H and O–H groups in total. The van der Waals surface area contributed by atoms with Crippen molar-refractivity contribution < 1.29 is 9.53 Å². The van der Waals surface area contributed by atoms with Crippen LogP contribution in [0.4, 0.5) is 0 Å². The molecule has 1 aliphatic rings. The molecule has 8 heteroatoms. The minimum absolute atomic E-state index is 0.0242. The number of aromatic nitrogens is 3. The smallest absolute Gasteiger partial charge is 0.258 e. The molecule has 0 saturated carbocycles. The fraction of sp³-hybridized carbons (Fsp3) is 0.286. The molecule has 1 aliphatic heterocycles. The maximum atomic E-state index is 12.2. The van der Waals surface area contributed by atoms with E-state index >= 15 is 0 Å². The number of hydrogen-bond donors (Lipinski definition) is 1. The molecule has 0 spiro atoms. The van der Waals surface area contributed by atoms with E-state index in [2.05, 4.69) is 27.5 Å². The zero-order chi connectivity index (χ0) is 19.9. The number of ether oxygens (including phenoxy) is 1. The van der Waals surface area contributed by atoms with E-state index in [1.165, 1.54) is 23.5 Å². The quantitative estimate of drug-likeness (QED) is 0.619. The number of rotatable bonds is 7. The Morgan fingerprint density at radius 3 is 2.72 bits per heavy atom. The van der Waals surface area contributed by atoms with Crippen molar-refractivity contribution in [1.29, 1.82) is 0 Å². The Morgan fingerprint density at radius 2 is 1.97 bits per heavy atom. The van der Waals surface area contributed by atoms with Crippen LogP contribution in [0.2, 0.25) is 0 Å². The number of pyridine rings is 1. The minimum Gasteiger partial charge on any atom is -0.484 e. The second-order valence-electron chi connectivity index (χ2n) is 6.50. The summed E-state index contributed by atoms with van der Waals surface area (Å²) >= 11 is 3.98. The van der Waals surface area contributed by atoms with Gasteiger partial charge in [0, 0.05) is 30.7 Å².